The summed E-state index contributed by atoms with van der Waals surface area (Å²) >= 11 is 1.21. The molecule has 1 amide bonds. The molecule has 25 heavy (non-hydrogen) atoms. The van der Waals surface area contributed by atoms with Crippen LogP contribution in [-0.2, 0) is 10.0 Å². The number of likely N-dealkylation sites (tertiary alicyclic amines) is 1. The average molecular weight is 379 g/mol. The first-order valence-corrected chi connectivity index (χ1v) is 10.7. The van der Waals surface area contributed by atoms with E-state index >= 15 is 0 Å². The summed E-state index contributed by atoms with van der Waals surface area (Å²) in [5.41, 5.74) is 2.96. The normalized spacial score (nSPS) is 16.2. The third kappa shape index (κ3) is 4.11. The lowest BCUT2D eigenvalue weighted by atomic mass is 10.0. The van der Waals surface area contributed by atoms with Gasteiger partial charge in [-0.1, -0.05) is 12.1 Å². The van der Waals surface area contributed by atoms with Gasteiger partial charge in [0.2, 0.25) is 10.0 Å². The van der Waals surface area contributed by atoms with Crippen LogP contribution in [0.25, 0.3) is 0 Å². The highest BCUT2D eigenvalue weighted by Gasteiger charge is 2.27. The molecule has 0 atom stereocenters. The number of hydrogen-bond acceptors (Lipinski definition) is 4. The van der Waals surface area contributed by atoms with Crippen LogP contribution in [0.3, 0.4) is 0 Å². The lowest BCUT2D eigenvalue weighted by Gasteiger charge is -2.32. The Kier molecular flexibility index (Phi) is 5.27. The Morgan fingerprint density at radius 2 is 1.88 bits per heavy atom. The Balaban J connectivity index is 1.60. The number of carbonyl (C=O) groups excluding carboxylic acids is 1. The number of hydrogen-bond donors (Lipinski definition) is 1. The molecule has 0 bridgehead atoms. The van der Waals surface area contributed by atoms with Gasteiger partial charge in [-0.15, -0.1) is 11.3 Å². The highest BCUT2D eigenvalue weighted by Crippen LogP contribution is 2.20. The van der Waals surface area contributed by atoms with E-state index in [2.05, 4.69) is 4.72 Å². The van der Waals surface area contributed by atoms with Crippen molar-refractivity contribution in [3.63, 3.8) is 0 Å². The first-order chi connectivity index (χ1) is 11.9. The van der Waals surface area contributed by atoms with E-state index in [1.54, 1.807) is 22.4 Å². The van der Waals surface area contributed by atoms with E-state index in [9.17, 15) is 13.2 Å². The predicted molar refractivity (Wildman–Crippen MR) is 99.5 cm³/mol. The molecule has 2 aromatic rings. The summed E-state index contributed by atoms with van der Waals surface area (Å²) in [6.45, 7) is 5.14. The number of carbonyl (C=O) groups is 1. The van der Waals surface area contributed by atoms with Gasteiger partial charge in [0.15, 0.2) is 0 Å². The fourth-order valence-corrected chi connectivity index (χ4v) is 5.27. The zero-order valence-electron chi connectivity index (χ0n) is 14.4. The maximum Gasteiger partial charge on any atom is 0.253 e. The first-order valence-electron chi connectivity index (χ1n) is 8.29. The van der Waals surface area contributed by atoms with E-state index in [0.29, 0.717) is 35.7 Å². The molecule has 134 valence electrons. The fourth-order valence-electron chi connectivity index (χ4n) is 2.95. The van der Waals surface area contributed by atoms with Gasteiger partial charge in [-0.2, -0.15) is 0 Å². The molecule has 1 aliphatic rings. The van der Waals surface area contributed by atoms with Crippen LogP contribution in [0.2, 0.25) is 0 Å². The second-order valence-corrected chi connectivity index (χ2v) is 9.31. The van der Waals surface area contributed by atoms with Crippen LogP contribution in [0.15, 0.2) is 39.9 Å². The number of nitrogens with one attached hydrogen (secondary N) is 1. The minimum Gasteiger partial charge on any atom is -0.339 e. The Labute approximate surface area is 152 Å². The van der Waals surface area contributed by atoms with E-state index in [1.165, 1.54) is 16.9 Å². The number of amides is 1. The van der Waals surface area contributed by atoms with Gasteiger partial charge in [0, 0.05) is 24.7 Å². The van der Waals surface area contributed by atoms with E-state index in [0.717, 1.165) is 5.56 Å². The molecular weight excluding hydrogens is 356 g/mol. The molecule has 1 aromatic heterocycles. The largest absolute Gasteiger partial charge is 0.339 e. The second-order valence-electron chi connectivity index (χ2n) is 6.42. The van der Waals surface area contributed by atoms with Crippen molar-refractivity contribution in [2.45, 2.75) is 36.9 Å². The maximum absolute atomic E-state index is 12.6. The Morgan fingerprint density at radius 1 is 1.16 bits per heavy atom. The van der Waals surface area contributed by atoms with Crippen molar-refractivity contribution in [2.75, 3.05) is 13.1 Å². The molecule has 1 aliphatic heterocycles. The molecule has 1 fully saturated rings. The van der Waals surface area contributed by atoms with Crippen molar-refractivity contribution in [1.29, 1.82) is 0 Å². The summed E-state index contributed by atoms with van der Waals surface area (Å²) in [4.78, 5) is 14.4. The molecule has 0 radical (unpaired) electrons. The number of aryl methyl sites for hydroxylation is 2. The van der Waals surface area contributed by atoms with Crippen LogP contribution in [0.5, 0.6) is 0 Å². The highest BCUT2D eigenvalue weighted by molar-refractivity contribution is 7.91. The van der Waals surface area contributed by atoms with E-state index in [-0.39, 0.29) is 11.9 Å². The van der Waals surface area contributed by atoms with Crippen LogP contribution >= 0.6 is 11.3 Å². The molecule has 3 rings (SSSR count). The number of thiophene rings is 1. The molecule has 1 saturated heterocycles. The number of benzene rings is 1. The summed E-state index contributed by atoms with van der Waals surface area (Å²) in [7, 11) is -3.45. The summed E-state index contributed by atoms with van der Waals surface area (Å²) in [6.07, 6.45) is 1.25. The molecular formula is C18H22N2O3S2. The Morgan fingerprint density at radius 3 is 2.48 bits per heavy atom. The van der Waals surface area contributed by atoms with Gasteiger partial charge in [0.05, 0.1) is 0 Å². The number of piperidine rings is 1. The molecule has 1 N–H and O–H groups in total. The Hall–Kier alpha value is -1.70. The highest BCUT2D eigenvalue weighted by atomic mass is 32.2. The van der Waals surface area contributed by atoms with Crippen LogP contribution in [0.4, 0.5) is 0 Å². The van der Waals surface area contributed by atoms with Crippen molar-refractivity contribution in [3.8, 4) is 0 Å². The monoisotopic (exact) mass is 378 g/mol. The smallest absolute Gasteiger partial charge is 0.253 e. The van der Waals surface area contributed by atoms with Gasteiger partial charge in [-0.05, 0) is 61.4 Å². The van der Waals surface area contributed by atoms with Gasteiger partial charge >= 0.3 is 0 Å². The second kappa shape index (κ2) is 7.27. The van der Waals surface area contributed by atoms with Crippen molar-refractivity contribution in [2.24, 2.45) is 0 Å². The molecule has 7 heteroatoms. The standard InChI is InChI=1S/C18H22N2O3S2/c1-13-5-6-15(12-14(13)2)18(21)20-9-7-16(8-10-20)19-25(22,23)17-4-3-11-24-17/h3-6,11-12,16,19H,7-10H2,1-2H3. The minimum absolute atomic E-state index is 0.0164. The average Bonchev–Trinajstić information content (AvgIpc) is 3.13. The number of nitrogens with zero attached hydrogens (tertiary/aromatic N) is 1. The van der Waals surface area contributed by atoms with Gasteiger partial charge in [-0.3, -0.25) is 4.79 Å². The first kappa shape index (κ1) is 18.1. The summed E-state index contributed by atoms with van der Waals surface area (Å²) < 4.78 is 27.7. The lowest BCUT2D eigenvalue weighted by molar-refractivity contribution is 0.0711. The third-order valence-electron chi connectivity index (χ3n) is 4.62. The van der Waals surface area contributed by atoms with Gasteiger partial charge < -0.3 is 4.90 Å². The quantitative estimate of drug-likeness (QED) is 0.889. The summed E-state index contributed by atoms with van der Waals surface area (Å²) in [5, 5.41) is 1.75. The van der Waals surface area contributed by atoms with Crippen LogP contribution in [0.1, 0.15) is 34.3 Å². The molecule has 0 saturated carbocycles. The van der Waals surface area contributed by atoms with E-state index in [4.69, 9.17) is 0 Å². The lowest BCUT2D eigenvalue weighted by Crippen LogP contribution is -2.46. The van der Waals surface area contributed by atoms with Crippen LogP contribution in [0, 0.1) is 13.8 Å². The topological polar surface area (TPSA) is 66.5 Å². The third-order valence-corrected chi connectivity index (χ3v) is 7.54. The van der Waals surface area contributed by atoms with Crippen molar-refractivity contribution < 1.29 is 13.2 Å². The molecule has 0 unspecified atom stereocenters. The fraction of sp³-hybridized carbons (Fsp3) is 0.389. The predicted octanol–water partition coefficient (Wildman–Crippen LogP) is 2.95. The summed E-state index contributed by atoms with van der Waals surface area (Å²) in [6, 6.07) is 8.94. The van der Waals surface area contributed by atoms with Crippen molar-refractivity contribution >= 4 is 27.3 Å². The molecule has 0 spiro atoms. The zero-order valence-corrected chi connectivity index (χ0v) is 16.0. The van der Waals surface area contributed by atoms with Gasteiger partial charge in [0.25, 0.3) is 5.91 Å². The van der Waals surface area contributed by atoms with Crippen molar-refractivity contribution in [1.82, 2.24) is 9.62 Å². The van der Waals surface area contributed by atoms with Gasteiger partial charge in [0.1, 0.15) is 4.21 Å². The summed E-state index contributed by atoms with van der Waals surface area (Å²) in [5.74, 6) is 0.0164. The molecule has 2 heterocycles. The number of sulfonamides is 1. The molecule has 0 aliphatic carbocycles. The van der Waals surface area contributed by atoms with Crippen molar-refractivity contribution in [3.05, 3.63) is 52.4 Å². The SMILES string of the molecule is Cc1ccc(C(=O)N2CCC(NS(=O)(=O)c3cccs3)CC2)cc1C. The zero-order chi connectivity index (χ0) is 18.0. The number of rotatable bonds is 4. The van der Waals surface area contributed by atoms with Crippen LogP contribution in [-0.4, -0.2) is 38.4 Å². The Bertz CT molecular complexity index is 852. The molecule has 1 aromatic carbocycles. The van der Waals surface area contributed by atoms with E-state index in [1.807, 2.05) is 32.0 Å². The van der Waals surface area contributed by atoms with Crippen LogP contribution < -0.4 is 4.72 Å². The minimum atomic E-state index is -3.45. The molecule has 5 nitrogen and oxygen atoms in total. The van der Waals surface area contributed by atoms with Gasteiger partial charge in [-0.25, -0.2) is 13.1 Å². The van der Waals surface area contributed by atoms with E-state index < -0.39 is 10.0 Å². The maximum atomic E-state index is 12.6.